The van der Waals surface area contributed by atoms with E-state index in [9.17, 15) is 0 Å². The molecule has 0 aromatic carbocycles. The van der Waals surface area contributed by atoms with Gasteiger partial charge < -0.3 is 11.1 Å². The summed E-state index contributed by atoms with van der Waals surface area (Å²) >= 11 is 6.59. The maximum Gasteiger partial charge on any atom is 0.107 e. The summed E-state index contributed by atoms with van der Waals surface area (Å²) in [6.45, 7) is 0. The van der Waals surface area contributed by atoms with E-state index in [1.807, 2.05) is 12.3 Å². The van der Waals surface area contributed by atoms with Crippen LogP contribution in [-0.2, 0) is 0 Å². The maximum absolute atomic E-state index is 5.55. The van der Waals surface area contributed by atoms with Gasteiger partial charge in [-0.2, -0.15) is 0 Å². The Balaban J connectivity index is 2.74. The van der Waals surface area contributed by atoms with Gasteiger partial charge in [0, 0.05) is 15.2 Å². The van der Waals surface area contributed by atoms with Gasteiger partial charge in [0.25, 0.3) is 0 Å². The molecule has 0 aromatic rings. The predicted octanol–water partition coefficient (Wildman–Crippen LogP) is 1.39. The van der Waals surface area contributed by atoms with Gasteiger partial charge in [-0.25, -0.2) is 0 Å². The molecule has 1 rings (SSSR count). The highest BCUT2D eigenvalue weighted by Gasteiger charge is 2.07. The normalized spacial score (nSPS) is 26.3. The zero-order valence-corrected chi connectivity index (χ0v) is 7.74. The van der Waals surface area contributed by atoms with Crippen molar-refractivity contribution in [3.05, 3.63) is 21.2 Å². The lowest BCUT2D eigenvalue weighted by Gasteiger charge is -2.15. The summed E-state index contributed by atoms with van der Waals surface area (Å²) in [6.07, 6.45) is 3.64. The molecule has 3 N–H and O–H groups in total. The largest absolute Gasteiger partial charge is 0.371 e. The van der Waals surface area contributed by atoms with E-state index in [0.717, 1.165) is 8.96 Å². The summed E-state index contributed by atoms with van der Waals surface area (Å²) in [5.74, 6) is 0. The third-order valence-corrected chi connectivity index (χ3v) is 2.15. The minimum atomic E-state index is -0.0914. The summed E-state index contributed by atoms with van der Waals surface area (Å²) in [5.41, 5.74) is 5.55. The van der Waals surface area contributed by atoms with Gasteiger partial charge in [-0.15, -0.1) is 0 Å². The van der Waals surface area contributed by atoms with Gasteiger partial charge in [-0.1, -0.05) is 15.9 Å². The number of halogens is 2. The summed E-state index contributed by atoms with van der Waals surface area (Å²) in [7, 11) is 0. The summed E-state index contributed by atoms with van der Waals surface area (Å²) in [5, 5.41) is 2.94. The van der Waals surface area contributed by atoms with Crippen LogP contribution in [0, 0.1) is 0 Å². The molecule has 1 unspecified atom stereocenters. The zero-order valence-electron chi connectivity index (χ0n) is 4.57. The Labute approximate surface area is 70.4 Å². The van der Waals surface area contributed by atoms with Crippen LogP contribution in [0.1, 0.15) is 0 Å². The minimum absolute atomic E-state index is 0.0914. The Morgan fingerprint density at radius 1 is 1.56 bits per heavy atom. The van der Waals surface area contributed by atoms with Crippen molar-refractivity contribution in [2.24, 2.45) is 5.73 Å². The van der Waals surface area contributed by atoms with Crippen LogP contribution >= 0.6 is 31.9 Å². The Hall–Kier alpha value is 0.200. The monoisotopic (exact) mass is 252 g/mol. The lowest BCUT2D eigenvalue weighted by atomic mass is 10.3. The molecule has 0 fully saturated rings. The fraction of sp³-hybridized carbons (Fsp3) is 0.200. The van der Waals surface area contributed by atoms with E-state index in [1.165, 1.54) is 0 Å². The molecule has 0 radical (unpaired) electrons. The van der Waals surface area contributed by atoms with E-state index in [1.54, 1.807) is 0 Å². The second-order valence-corrected chi connectivity index (χ2v) is 3.53. The summed E-state index contributed by atoms with van der Waals surface area (Å²) < 4.78 is 1.95. The summed E-state index contributed by atoms with van der Waals surface area (Å²) in [4.78, 5) is 0. The van der Waals surface area contributed by atoms with Crippen LogP contribution in [0.4, 0.5) is 0 Å². The highest BCUT2D eigenvalue weighted by Crippen LogP contribution is 2.18. The molecule has 0 saturated carbocycles. The first-order valence-corrected chi connectivity index (χ1v) is 4.03. The topological polar surface area (TPSA) is 38.0 Å². The number of allylic oxidation sites excluding steroid dienone is 2. The van der Waals surface area contributed by atoms with E-state index >= 15 is 0 Å². The number of nitrogens with two attached hydrogens (primary N) is 1. The van der Waals surface area contributed by atoms with E-state index in [0.29, 0.717) is 0 Å². The molecule has 1 heterocycles. The van der Waals surface area contributed by atoms with Gasteiger partial charge >= 0.3 is 0 Å². The van der Waals surface area contributed by atoms with E-state index < -0.39 is 0 Å². The Morgan fingerprint density at radius 3 is 2.67 bits per heavy atom. The third-order valence-electron chi connectivity index (χ3n) is 0.974. The first-order chi connectivity index (χ1) is 4.20. The number of rotatable bonds is 0. The van der Waals surface area contributed by atoms with Crippen LogP contribution in [0.15, 0.2) is 21.2 Å². The van der Waals surface area contributed by atoms with Gasteiger partial charge in [0.15, 0.2) is 0 Å². The molecular weight excluding hydrogens is 248 g/mol. The SMILES string of the molecule is NC1NC=C(Br)C=C1Br. The van der Waals surface area contributed by atoms with Crippen molar-refractivity contribution in [2.45, 2.75) is 6.17 Å². The second-order valence-electron chi connectivity index (χ2n) is 1.70. The quantitative estimate of drug-likeness (QED) is 0.685. The highest BCUT2D eigenvalue weighted by atomic mass is 79.9. The van der Waals surface area contributed by atoms with Crippen LogP contribution < -0.4 is 11.1 Å². The molecule has 0 spiro atoms. The van der Waals surface area contributed by atoms with E-state index in [2.05, 4.69) is 37.2 Å². The molecule has 1 aliphatic rings. The number of nitrogens with one attached hydrogen (secondary N) is 1. The average molecular weight is 254 g/mol. The Bertz CT molecular complexity index is 174. The van der Waals surface area contributed by atoms with Gasteiger partial charge in [-0.3, -0.25) is 0 Å². The van der Waals surface area contributed by atoms with Crippen LogP contribution in [-0.4, -0.2) is 6.17 Å². The Morgan fingerprint density at radius 2 is 2.22 bits per heavy atom. The van der Waals surface area contributed by atoms with Crippen LogP contribution in [0.2, 0.25) is 0 Å². The molecule has 4 heteroatoms. The number of dihydropyridines is 1. The molecule has 50 valence electrons. The number of hydrogen-bond acceptors (Lipinski definition) is 2. The fourth-order valence-corrected chi connectivity index (χ4v) is 1.58. The second kappa shape index (κ2) is 2.86. The standard InChI is InChI=1S/C5H6Br2N2/c6-3-1-4(7)5(8)9-2-3/h1-2,5,9H,8H2. The predicted molar refractivity (Wildman–Crippen MR) is 45.1 cm³/mol. The van der Waals surface area contributed by atoms with Crippen molar-refractivity contribution in [3.8, 4) is 0 Å². The molecular formula is C5H6Br2N2. The molecule has 2 nitrogen and oxygen atoms in total. The van der Waals surface area contributed by atoms with Crippen molar-refractivity contribution in [1.29, 1.82) is 0 Å². The lowest BCUT2D eigenvalue weighted by molar-refractivity contribution is 0.719. The van der Waals surface area contributed by atoms with Gasteiger partial charge in [0.05, 0.1) is 0 Å². The van der Waals surface area contributed by atoms with Crippen LogP contribution in [0.25, 0.3) is 0 Å². The van der Waals surface area contributed by atoms with Gasteiger partial charge in [0.1, 0.15) is 6.17 Å². The molecule has 0 bridgehead atoms. The van der Waals surface area contributed by atoms with E-state index in [4.69, 9.17) is 5.73 Å². The van der Waals surface area contributed by atoms with Crippen molar-refractivity contribution >= 4 is 31.9 Å². The average Bonchev–Trinajstić information content (AvgIpc) is 1.80. The third kappa shape index (κ3) is 1.81. The van der Waals surface area contributed by atoms with Crippen molar-refractivity contribution in [3.63, 3.8) is 0 Å². The molecule has 1 atom stereocenters. The first-order valence-electron chi connectivity index (χ1n) is 2.44. The lowest BCUT2D eigenvalue weighted by Crippen LogP contribution is -2.35. The van der Waals surface area contributed by atoms with Crippen LogP contribution in [0.5, 0.6) is 0 Å². The summed E-state index contributed by atoms with van der Waals surface area (Å²) in [6, 6.07) is 0. The molecule has 1 aliphatic heterocycles. The van der Waals surface area contributed by atoms with Gasteiger partial charge in [0.2, 0.25) is 0 Å². The van der Waals surface area contributed by atoms with E-state index in [-0.39, 0.29) is 6.17 Å². The molecule has 0 aromatic heterocycles. The smallest absolute Gasteiger partial charge is 0.107 e. The van der Waals surface area contributed by atoms with Gasteiger partial charge in [-0.05, 0) is 22.0 Å². The zero-order chi connectivity index (χ0) is 6.85. The Kier molecular flexibility index (Phi) is 2.32. The molecule has 0 saturated heterocycles. The number of hydrogen-bond donors (Lipinski definition) is 2. The molecule has 0 aliphatic carbocycles. The fourth-order valence-electron chi connectivity index (χ4n) is 0.512. The van der Waals surface area contributed by atoms with Crippen LogP contribution in [0.3, 0.4) is 0 Å². The van der Waals surface area contributed by atoms with Crippen molar-refractivity contribution < 1.29 is 0 Å². The minimum Gasteiger partial charge on any atom is -0.371 e. The highest BCUT2D eigenvalue weighted by molar-refractivity contribution is 9.12. The van der Waals surface area contributed by atoms with Crippen molar-refractivity contribution in [1.82, 2.24) is 5.32 Å². The maximum atomic E-state index is 5.55. The molecule has 0 amide bonds. The molecule has 9 heavy (non-hydrogen) atoms. The first kappa shape index (κ1) is 7.31. The van der Waals surface area contributed by atoms with Crippen molar-refractivity contribution in [2.75, 3.05) is 0 Å².